The van der Waals surface area contributed by atoms with Gasteiger partial charge in [0.15, 0.2) is 0 Å². The van der Waals surface area contributed by atoms with Crippen LogP contribution in [-0.2, 0) is 20.8 Å². The van der Waals surface area contributed by atoms with Crippen LogP contribution in [0.5, 0.6) is 0 Å². The number of nitrogens with one attached hydrogen (secondary N) is 1. The van der Waals surface area contributed by atoms with Crippen LogP contribution in [0.1, 0.15) is 18.4 Å². The van der Waals surface area contributed by atoms with Crippen molar-refractivity contribution in [3.63, 3.8) is 0 Å². The fraction of sp³-hybridized carbons (Fsp3) is 0.385. The maximum Gasteiger partial charge on any atom is 0.534 e. The van der Waals surface area contributed by atoms with Gasteiger partial charge in [-0.3, -0.25) is 0 Å². The van der Waals surface area contributed by atoms with Crippen molar-refractivity contribution >= 4 is 10.1 Å². The quantitative estimate of drug-likeness (QED) is 0.346. The Hall–Kier alpha value is -1.54. The average Bonchev–Trinajstić information content (AvgIpc) is 2.37. The maximum atomic E-state index is 12.1. The summed E-state index contributed by atoms with van der Waals surface area (Å²) in [6, 6.07) is 9.56. The van der Waals surface area contributed by atoms with Crippen molar-refractivity contribution in [2.24, 2.45) is 0 Å². The van der Waals surface area contributed by atoms with Crippen LogP contribution in [0.3, 0.4) is 0 Å². The maximum absolute atomic E-state index is 12.1. The number of hydrogen-bond donors (Lipinski definition) is 1. The lowest BCUT2D eigenvalue weighted by atomic mass is 10.2. The number of rotatable bonds is 8. The molecule has 0 aliphatic carbocycles. The highest BCUT2D eigenvalue weighted by Gasteiger charge is 2.48. The van der Waals surface area contributed by atoms with Crippen LogP contribution >= 0.6 is 0 Å². The van der Waals surface area contributed by atoms with Gasteiger partial charge in [0, 0.05) is 13.0 Å². The molecule has 0 aliphatic rings. The molecule has 1 N–H and O–H groups in total. The first-order valence-corrected chi connectivity index (χ1v) is 7.56. The van der Waals surface area contributed by atoms with Crippen LogP contribution in [0.15, 0.2) is 42.7 Å². The Morgan fingerprint density at radius 2 is 1.86 bits per heavy atom. The lowest BCUT2D eigenvalue weighted by Gasteiger charge is -2.11. The highest BCUT2D eigenvalue weighted by atomic mass is 32.2. The number of alkyl halides is 3. The Morgan fingerprint density at radius 3 is 2.43 bits per heavy atom. The second-order valence-corrected chi connectivity index (χ2v) is 5.83. The lowest BCUT2D eigenvalue weighted by Crippen LogP contribution is -2.25. The summed E-state index contributed by atoms with van der Waals surface area (Å²) in [5.74, 6) is -0.422. The van der Waals surface area contributed by atoms with Crippen LogP contribution < -0.4 is 5.32 Å². The Labute approximate surface area is 121 Å². The Morgan fingerprint density at radius 1 is 1.24 bits per heavy atom. The van der Waals surface area contributed by atoms with Gasteiger partial charge >= 0.3 is 15.6 Å². The van der Waals surface area contributed by atoms with Crippen molar-refractivity contribution in [2.75, 3.05) is 6.54 Å². The summed E-state index contributed by atoms with van der Waals surface area (Å²) in [5.41, 5.74) is -4.35. The van der Waals surface area contributed by atoms with Gasteiger partial charge in [0.2, 0.25) is 0 Å². The molecule has 0 aromatic heterocycles. The van der Waals surface area contributed by atoms with Crippen molar-refractivity contribution in [2.45, 2.75) is 24.9 Å². The highest BCUT2D eigenvalue weighted by Crippen LogP contribution is 2.26. The average molecular weight is 323 g/mol. The largest absolute Gasteiger partial charge is 0.534 e. The highest BCUT2D eigenvalue weighted by molar-refractivity contribution is 7.87. The molecule has 1 aromatic rings. The molecular weight excluding hydrogens is 307 g/mol. The number of halogens is 3. The fourth-order valence-electron chi connectivity index (χ4n) is 1.48. The normalized spacial score (nSPS) is 12.1. The zero-order valence-corrected chi connectivity index (χ0v) is 12.0. The minimum absolute atomic E-state index is 0.0249. The van der Waals surface area contributed by atoms with Crippen molar-refractivity contribution in [3.05, 3.63) is 48.2 Å². The summed E-state index contributed by atoms with van der Waals surface area (Å²) < 4.78 is 61.5. The molecule has 118 valence electrons. The summed E-state index contributed by atoms with van der Waals surface area (Å²) in [5, 5.41) is 3.08. The topological polar surface area (TPSA) is 55.4 Å². The van der Waals surface area contributed by atoms with Crippen molar-refractivity contribution in [1.82, 2.24) is 5.32 Å². The Balaban J connectivity index is 2.23. The molecule has 1 aromatic carbocycles. The SMILES string of the molecule is C=C(CCCNCc1ccccc1)OS(=O)(=O)C(F)(F)F. The summed E-state index contributed by atoms with van der Waals surface area (Å²) in [6.07, 6.45) is 0.441. The predicted octanol–water partition coefficient (Wildman–Crippen LogP) is 2.94. The monoisotopic (exact) mass is 323 g/mol. The molecular formula is C13H16F3NO3S. The summed E-state index contributed by atoms with van der Waals surface area (Å²) >= 11 is 0. The third kappa shape index (κ3) is 6.17. The lowest BCUT2D eigenvalue weighted by molar-refractivity contribution is -0.0523. The van der Waals surface area contributed by atoms with E-state index >= 15 is 0 Å². The molecule has 8 heteroatoms. The molecule has 0 radical (unpaired) electrons. The second kappa shape index (κ2) is 7.46. The van der Waals surface area contributed by atoms with Gasteiger partial charge in [-0.05, 0) is 18.5 Å². The zero-order valence-electron chi connectivity index (χ0n) is 11.2. The van der Waals surface area contributed by atoms with Gasteiger partial charge < -0.3 is 9.50 Å². The first-order valence-electron chi connectivity index (χ1n) is 6.15. The van der Waals surface area contributed by atoms with Gasteiger partial charge in [-0.15, -0.1) is 0 Å². The van der Waals surface area contributed by atoms with E-state index < -0.39 is 21.4 Å². The van der Waals surface area contributed by atoms with Gasteiger partial charge in [-0.1, -0.05) is 36.9 Å². The third-order valence-electron chi connectivity index (χ3n) is 2.49. The van der Waals surface area contributed by atoms with Crippen LogP contribution in [0, 0.1) is 0 Å². The molecule has 0 fully saturated rings. The molecule has 0 bridgehead atoms. The van der Waals surface area contributed by atoms with Gasteiger partial charge in [-0.25, -0.2) is 0 Å². The van der Waals surface area contributed by atoms with E-state index in [9.17, 15) is 21.6 Å². The van der Waals surface area contributed by atoms with Crippen LogP contribution in [-0.4, -0.2) is 20.5 Å². The Bertz CT molecular complexity index is 556. The first-order chi connectivity index (χ1) is 9.72. The van der Waals surface area contributed by atoms with Gasteiger partial charge in [-0.2, -0.15) is 21.6 Å². The molecule has 0 spiro atoms. The van der Waals surface area contributed by atoms with Crippen LogP contribution in [0.4, 0.5) is 13.2 Å². The van der Waals surface area contributed by atoms with Crippen molar-refractivity contribution in [3.8, 4) is 0 Å². The zero-order chi connectivity index (χ0) is 15.9. The summed E-state index contributed by atoms with van der Waals surface area (Å²) in [4.78, 5) is 0. The minimum atomic E-state index is -5.60. The predicted molar refractivity (Wildman–Crippen MR) is 72.6 cm³/mol. The van der Waals surface area contributed by atoms with E-state index in [1.165, 1.54) is 0 Å². The van der Waals surface area contributed by atoms with Gasteiger partial charge in [0.05, 0.1) is 0 Å². The van der Waals surface area contributed by atoms with Crippen molar-refractivity contribution in [1.29, 1.82) is 0 Å². The molecule has 0 amide bonds. The number of hydrogen-bond acceptors (Lipinski definition) is 4. The molecule has 21 heavy (non-hydrogen) atoms. The van der Waals surface area contributed by atoms with E-state index in [1.54, 1.807) is 0 Å². The fourth-order valence-corrected chi connectivity index (χ4v) is 1.97. The van der Waals surface area contributed by atoms with E-state index in [-0.39, 0.29) is 6.42 Å². The summed E-state index contributed by atoms with van der Waals surface area (Å²) in [6.45, 7) is 4.30. The molecule has 0 saturated heterocycles. The van der Waals surface area contributed by atoms with E-state index in [4.69, 9.17) is 0 Å². The van der Waals surface area contributed by atoms with E-state index in [1.807, 2.05) is 30.3 Å². The van der Waals surface area contributed by atoms with Gasteiger partial charge in [0.1, 0.15) is 5.76 Å². The smallest absolute Gasteiger partial charge is 0.381 e. The number of allylic oxidation sites excluding steroid dienone is 1. The van der Waals surface area contributed by atoms with Crippen LogP contribution in [0.2, 0.25) is 0 Å². The van der Waals surface area contributed by atoms with E-state index in [0.29, 0.717) is 19.5 Å². The van der Waals surface area contributed by atoms with E-state index in [2.05, 4.69) is 16.1 Å². The first kappa shape index (κ1) is 17.5. The molecule has 1 rings (SSSR count). The third-order valence-corrected chi connectivity index (χ3v) is 3.51. The van der Waals surface area contributed by atoms with E-state index in [0.717, 1.165) is 5.56 Å². The van der Waals surface area contributed by atoms with Crippen LogP contribution in [0.25, 0.3) is 0 Å². The number of benzene rings is 1. The Kier molecular flexibility index (Phi) is 6.22. The second-order valence-electron chi connectivity index (χ2n) is 4.29. The molecule has 0 unspecified atom stereocenters. The van der Waals surface area contributed by atoms with Crippen molar-refractivity contribution < 1.29 is 25.8 Å². The molecule has 0 aliphatic heterocycles. The molecule has 0 atom stereocenters. The minimum Gasteiger partial charge on any atom is -0.381 e. The van der Waals surface area contributed by atoms with Gasteiger partial charge in [0.25, 0.3) is 0 Å². The summed E-state index contributed by atoms with van der Waals surface area (Å²) in [7, 11) is -5.60. The molecule has 4 nitrogen and oxygen atoms in total. The molecule has 0 heterocycles. The standard InChI is InChI=1S/C13H16F3NO3S/c1-11(20-21(18,19)13(14,15)16)6-5-9-17-10-12-7-3-2-4-8-12/h2-4,7-8,17H,1,5-6,9-10H2. The molecule has 0 saturated carbocycles.